The van der Waals surface area contributed by atoms with Crippen molar-refractivity contribution in [2.45, 2.75) is 6.42 Å². The van der Waals surface area contributed by atoms with E-state index in [1.54, 1.807) is 7.11 Å². The van der Waals surface area contributed by atoms with Crippen LogP contribution in [-0.4, -0.2) is 27.3 Å². The Labute approximate surface area is 126 Å². The van der Waals surface area contributed by atoms with Crippen molar-refractivity contribution in [2.24, 2.45) is 0 Å². The van der Waals surface area contributed by atoms with Crippen LogP contribution in [0.5, 0.6) is 11.5 Å². The van der Waals surface area contributed by atoms with Crippen LogP contribution in [0.4, 0.5) is 11.4 Å². The zero-order chi connectivity index (χ0) is 15.1. The van der Waals surface area contributed by atoms with Gasteiger partial charge in [-0.1, -0.05) is 12.1 Å². The first-order valence-corrected chi connectivity index (χ1v) is 7.03. The number of nitrogen functional groups attached to an aromatic ring is 1. The summed E-state index contributed by atoms with van der Waals surface area (Å²) in [6.45, 7) is 1.57. The van der Waals surface area contributed by atoms with Crippen LogP contribution in [0.3, 0.4) is 0 Å². The molecule has 0 aromatic heterocycles. The highest BCUT2D eigenvalue weighted by Crippen LogP contribution is 2.26. The predicted molar refractivity (Wildman–Crippen MR) is 87.2 cm³/mol. The fourth-order valence-electron chi connectivity index (χ4n) is 2.12. The summed E-state index contributed by atoms with van der Waals surface area (Å²) in [5.41, 5.74) is 7.48. The maximum atomic E-state index is 5.69. The Morgan fingerprint density at radius 1 is 1.05 bits per heavy atom. The lowest BCUT2D eigenvalue weighted by molar-refractivity contribution is 0.312. The zero-order valence-electron chi connectivity index (χ0n) is 12.6. The molecule has 112 valence electrons. The van der Waals surface area contributed by atoms with E-state index < -0.39 is 0 Å². The van der Waals surface area contributed by atoms with E-state index in [9.17, 15) is 0 Å². The highest BCUT2D eigenvalue weighted by Gasteiger charge is 2.06. The van der Waals surface area contributed by atoms with Crippen molar-refractivity contribution in [2.75, 3.05) is 37.9 Å². The summed E-state index contributed by atoms with van der Waals surface area (Å²) < 4.78 is 11.1. The Hall–Kier alpha value is -2.36. The fourth-order valence-corrected chi connectivity index (χ4v) is 2.12. The van der Waals surface area contributed by atoms with E-state index in [-0.39, 0.29) is 0 Å². The predicted octanol–water partition coefficient (Wildman–Crippen LogP) is 3.18. The van der Waals surface area contributed by atoms with Gasteiger partial charge in [-0.3, -0.25) is 0 Å². The largest absolute Gasteiger partial charge is 0.495 e. The SMILES string of the molecule is COc1ccccc1N(C)CCCOc1ccc(N)cc1. The molecule has 0 radical (unpaired) electrons. The van der Waals surface area contributed by atoms with Gasteiger partial charge in [0.25, 0.3) is 0 Å². The molecular formula is C17H22N2O2. The summed E-state index contributed by atoms with van der Waals surface area (Å²) in [6.07, 6.45) is 0.929. The number of para-hydroxylation sites is 2. The fraction of sp³-hybridized carbons (Fsp3) is 0.294. The van der Waals surface area contributed by atoms with Gasteiger partial charge in [0.1, 0.15) is 11.5 Å². The van der Waals surface area contributed by atoms with Crippen LogP contribution < -0.4 is 20.1 Å². The lowest BCUT2D eigenvalue weighted by Crippen LogP contribution is -2.20. The van der Waals surface area contributed by atoms with Crippen LogP contribution in [0.1, 0.15) is 6.42 Å². The molecule has 0 saturated carbocycles. The Morgan fingerprint density at radius 2 is 1.76 bits per heavy atom. The van der Waals surface area contributed by atoms with E-state index in [0.29, 0.717) is 6.61 Å². The molecule has 2 N–H and O–H groups in total. The van der Waals surface area contributed by atoms with Gasteiger partial charge < -0.3 is 20.1 Å². The normalized spacial score (nSPS) is 10.2. The molecule has 0 aliphatic rings. The summed E-state index contributed by atoms with van der Waals surface area (Å²) in [5.74, 6) is 1.74. The number of hydrogen-bond acceptors (Lipinski definition) is 4. The van der Waals surface area contributed by atoms with Gasteiger partial charge in [0.15, 0.2) is 0 Å². The van der Waals surface area contributed by atoms with E-state index >= 15 is 0 Å². The average Bonchev–Trinajstić information content (AvgIpc) is 2.53. The van der Waals surface area contributed by atoms with Crippen molar-refractivity contribution in [1.29, 1.82) is 0 Å². The zero-order valence-corrected chi connectivity index (χ0v) is 12.6. The molecule has 2 aromatic carbocycles. The molecule has 4 nitrogen and oxygen atoms in total. The van der Waals surface area contributed by atoms with E-state index in [4.69, 9.17) is 15.2 Å². The monoisotopic (exact) mass is 286 g/mol. The van der Waals surface area contributed by atoms with E-state index in [1.807, 2.05) is 42.5 Å². The second-order valence-corrected chi connectivity index (χ2v) is 4.86. The summed E-state index contributed by atoms with van der Waals surface area (Å²) in [4.78, 5) is 2.17. The van der Waals surface area contributed by atoms with Gasteiger partial charge in [-0.25, -0.2) is 0 Å². The molecule has 21 heavy (non-hydrogen) atoms. The van der Waals surface area contributed by atoms with Gasteiger partial charge in [0.2, 0.25) is 0 Å². The first-order valence-electron chi connectivity index (χ1n) is 7.03. The minimum absolute atomic E-state index is 0.670. The highest BCUT2D eigenvalue weighted by atomic mass is 16.5. The third-order valence-electron chi connectivity index (χ3n) is 3.28. The van der Waals surface area contributed by atoms with Crippen LogP contribution in [0.25, 0.3) is 0 Å². The van der Waals surface area contributed by atoms with Gasteiger partial charge in [0.05, 0.1) is 19.4 Å². The summed E-state index contributed by atoms with van der Waals surface area (Å²) in [6, 6.07) is 15.5. The van der Waals surface area contributed by atoms with E-state index in [2.05, 4.69) is 18.0 Å². The second kappa shape index (κ2) is 7.43. The number of nitrogens with zero attached hydrogens (tertiary/aromatic N) is 1. The minimum atomic E-state index is 0.670. The molecule has 0 aliphatic carbocycles. The topological polar surface area (TPSA) is 47.7 Å². The molecule has 2 rings (SSSR count). The molecular weight excluding hydrogens is 264 g/mol. The molecule has 0 spiro atoms. The lowest BCUT2D eigenvalue weighted by atomic mass is 10.2. The van der Waals surface area contributed by atoms with Crippen LogP contribution in [0, 0.1) is 0 Å². The smallest absolute Gasteiger partial charge is 0.142 e. The van der Waals surface area contributed by atoms with Gasteiger partial charge in [-0.05, 0) is 42.8 Å². The number of rotatable bonds is 7. The Balaban J connectivity index is 1.79. The van der Waals surface area contributed by atoms with Crippen LogP contribution in [0.15, 0.2) is 48.5 Å². The van der Waals surface area contributed by atoms with Crippen molar-refractivity contribution >= 4 is 11.4 Å². The third kappa shape index (κ3) is 4.31. The van der Waals surface area contributed by atoms with E-state index in [1.165, 1.54) is 0 Å². The van der Waals surface area contributed by atoms with Crippen molar-refractivity contribution in [3.8, 4) is 11.5 Å². The van der Waals surface area contributed by atoms with Gasteiger partial charge in [-0.15, -0.1) is 0 Å². The average molecular weight is 286 g/mol. The Kier molecular flexibility index (Phi) is 5.32. The van der Waals surface area contributed by atoms with Crippen molar-refractivity contribution in [3.05, 3.63) is 48.5 Å². The number of ether oxygens (including phenoxy) is 2. The van der Waals surface area contributed by atoms with Gasteiger partial charge >= 0.3 is 0 Å². The maximum Gasteiger partial charge on any atom is 0.142 e. The maximum absolute atomic E-state index is 5.69. The molecule has 0 fully saturated rings. The summed E-state index contributed by atoms with van der Waals surface area (Å²) >= 11 is 0. The summed E-state index contributed by atoms with van der Waals surface area (Å²) in [5, 5.41) is 0. The molecule has 4 heteroatoms. The first-order chi connectivity index (χ1) is 10.2. The Bertz CT molecular complexity index is 555. The third-order valence-corrected chi connectivity index (χ3v) is 3.28. The highest BCUT2D eigenvalue weighted by molar-refractivity contribution is 5.57. The number of nitrogens with two attached hydrogens (primary N) is 1. The lowest BCUT2D eigenvalue weighted by Gasteiger charge is -2.21. The van der Waals surface area contributed by atoms with Crippen molar-refractivity contribution in [1.82, 2.24) is 0 Å². The molecule has 0 unspecified atom stereocenters. The summed E-state index contributed by atoms with van der Waals surface area (Å²) in [7, 11) is 3.75. The van der Waals surface area contributed by atoms with Gasteiger partial charge in [-0.2, -0.15) is 0 Å². The number of methoxy groups -OCH3 is 1. The van der Waals surface area contributed by atoms with Gasteiger partial charge in [0, 0.05) is 19.3 Å². The van der Waals surface area contributed by atoms with Crippen LogP contribution in [-0.2, 0) is 0 Å². The second-order valence-electron chi connectivity index (χ2n) is 4.86. The Morgan fingerprint density at radius 3 is 2.48 bits per heavy atom. The first kappa shape index (κ1) is 15.0. The molecule has 0 amide bonds. The molecule has 0 atom stereocenters. The minimum Gasteiger partial charge on any atom is -0.495 e. The molecule has 0 aliphatic heterocycles. The van der Waals surface area contributed by atoms with Crippen molar-refractivity contribution < 1.29 is 9.47 Å². The van der Waals surface area contributed by atoms with Crippen LogP contribution >= 0.6 is 0 Å². The number of hydrogen-bond donors (Lipinski definition) is 1. The van der Waals surface area contributed by atoms with Crippen LogP contribution in [0.2, 0.25) is 0 Å². The molecule has 0 saturated heterocycles. The number of benzene rings is 2. The van der Waals surface area contributed by atoms with Crippen molar-refractivity contribution in [3.63, 3.8) is 0 Å². The quantitative estimate of drug-likeness (QED) is 0.627. The molecule has 0 heterocycles. The standard InChI is InChI=1S/C17H22N2O2/c1-19(16-6-3-4-7-17(16)20-2)12-5-13-21-15-10-8-14(18)9-11-15/h3-4,6-11H,5,12-13,18H2,1-2H3. The number of anilines is 2. The van der Waals surface area contributed by atoms with E-state index in [0.717, 1.165) is 35.8 Å². The molecule has 0 bridgehead atoms. The molecule has 2 aromatic rings.